The Bertz CT molecular complexity index is 1360. The van der Waals surface area contributed by atoms with Crippen LogP contribution in [0.25, 0.3) is 0 Å². The van der Waals surface area contributed by atoms with Crippen LogP contribution in [0.3, 0.4) is 0 Å². The zero-order chi connectivity index (χ0) is 27.5. The van der Waals surface area contributed by atoms with Crippen LogP contribution in [0.4, 0.5) is 0 Å². The van der Waals surface area contributed by atoms with Crippen LogP contribution < -0.4 is 25.8 Å². The van der Waals surface area contributed by atoms with Crippen LogP contribution in [0.2, 0.25) is 5.02 Å². The molecule has 12 heteroatoms. The maximum Gasteiger partial charge on any atom is 0.239 e. The molecule has 2 aromatic carbocycles. The SMILES string of the molecule is NCc1ccc(Cl)cc1CNC(=O)CNC(=O)[C@@H](CCc1cccc[n+]1[O-])NS(=O)(=O)Cc1ccccc1. The van der Waals surface area contributed by atoms with E-state index in [1.54, 1.807) is 66.7 Å². The maximum absolute atomic E-state index is 13.0. The molecular formula is C26H30ClN5O5S. The van der Waals surface area contributed by atoms with Crippen molar-refractivity contribution in [3.8, 4) is 0 Å². The number of pyridine rings is 1. The maximum atomic E-state index is 13.0. The normalized spacial score (nSPS) is 12.1. The van der Waals surface area contributed by atoms with E-state index < -0.39 is 27.9 Å². The van der Waals surface area contributed by atoms with Gasteiger partial charge in [0, 0.05) is 36.7 Å². The van der Waals surface area contributed by atoms with Gasteiger partial charge in [-0.2, -0.15) is 4.73 Å². The number of hydrogen-bond acceptors (Lipinski definition) is 6. The van der Waals surface area contributed by atoms with Gasteiger partial charge in [-0.1, -0.05) is 54.1 Å². The molecular weight excluding hydrogens is 530 g/mol. The molecule has 1 atom stereocenters. The third kappa shape index (κ3) is 9.10. The Kier molecular flexibility index (Phi) is 10.6. The number of nitrogens with zero attached hydrogens (tertiary/aromatic N) is 1. The van der Waals surface area contributed by atoms with E-state index in [0.29, 0.717) is 21.0 Å². The minimum atomic E-state index is -3.91. The number of aryl methyl sites for hydroxylation is 1. The molecule has 5 N–H and O–H groups in total. The molecule has 3 aromatic rings. The molecule has 0 aliphatic carbocycles. The van der Waals surface area contributed by atoms with Gasteiger partial charge >= 0.3 is 0 Å². The second kappa shape index (κ2) is 13.9. The number of hydrogen-bond donors (Lipinski definition) is 4. The van der Waals surface area contributed by atoms with Crippen LogP contribution in [0.1, 0.15) is 28.8 Å². The fourth-order valence-corrected chi connectivity index (χ4v) is 5.32. The molecule has 0 radical (unpaired) electrons. The number of carbonyl (C=O) groups excluding carboxylic acids is 2. The number of aromatic nitrogens is 1. The van der Waals surface area contributed by atoms with Crippen LogP contribution in [-0.4, -0.2) is 32.8 Å². The smallest absolute Gasteiger partial charge is 0.239 e. The molecule has 0 aliphatic rings. The highest BCUT2D eigenvalue weighted by Gasteiger charge is 2.26. The summed E-state index contributed by atoms with van der Waals surface area (Å²) in [4.78, 5) is 25.4. The number of benzene rings is 2. The molecule has 38 heavy (non-hydrogen) atoms. The van der Waals surface area contributed by atoms with Gasteiger partial charge in [0.2, 0.25) is 21.8 Å². The van der Waals surface area contributed by atoms with Crippen molar-refractivity contribution >= 4 is 33.4 Å². The first-order valence-electron chi connectivity index (χ1n) is 11.9. The Hall–Kier alpha value is -3.51. The molecule has 1 heterocycles. The molecule has 0 aliphatic heterocycles. The van der Waals surface area contributed by atoms with Crippen molar-refractivity contribution in [2.24, 2.45) is 5.73 Å². The quantitative estimate of drug-likeness (QED) is 0.182. The van der Waals surface area contributed by atoms with Crippen molar-refractivity contribution in [3.63, 3.8) is 0 Å². The van der Waals surface area contributed by atoms with Crippen molar-refractivity contribution < 1.29 is 22.7 Å². The van der Waals surface area contributed by atoms with E-state index in [9.17, 15) is 23.2 Å². The van der Waals surface area contributed by atoms with Gasteiger partial charge in [-0.3, -0.25) is 9.59 Å². The van der Waals surface area contributed by atoms with E-state index in [0.717, 1.165) is 11.1 Å². The minimum Gasteiger partial charge on any atom is -0.619 e. The minimum absolute atomic E-state index is 0.0100. The third-order valence-corrected chi connectivity index (χ3v) is 7.31. The first-order valence-corrected chi connectivity index (χ1v) is 13.9. The van der Waals surface area contributed by atoms with Gasteiger partial charge in [0.15, 0.2) is 11.9 Å². The van der Waals surface area contributed by atoms with Crippen LogP contribution in [-0.2, 0) is 44.9 Å². The van der Waals surface area contributed by atoms with Gasteiger partial charge in [0.1, 0.15) is 6.04 Å². The second-order valence-corrected chi connectivity index (χ2v) is 10.8. The standard InChI is InChI=1S/C26H30ClN5O5S/c27-22-10-9-20(15-28)21(14-22)16-29-25(33)17-30-26(34)24(12-11-23-8-4-5-13-32(23)35)31-38(36,37)18-19-6-2-1-3-7-19/h1-10,13-14,24,31H,11-12,15-18,28H2,(H,29,33)(H,30,34)/t24-/m1/s1. The number of amides is 2. The lowest BCUT2D eigenvalue weighted by molar-refractivity contribution is -0.614. The summed E-state index contributed by atoms with van der Waals surface area (Å²) < 4.78 is 28.7. The van der Waals surface area contributed by atoms with E-state index in [1.165, 1.54) is 6.20 Å². The molecule has 3 rings (SSSR count). The highest BCUT2D eigenvalue weighted by molar-refractivity contribution is 7.88. The average molecular weight is 560 g/mol. The predicted molar refractivity (Wildman–Crippen MR) is 144 cm³/mol. The predicted octanol–water partition coefficient (Wildman–Crippen LogP) is 1.29. The number of halogens is 1. The summed E-state index contributed by atoms with van der Waals surface area (Å²) in [5, 5.41) is 17.7. The molecule has 0 spiro atoms. The van der Waals surface area contributed by atoms with Crippen molar-refractivity contribution in [1.82, 2.24) is 15.4 Å². The first kappa shape index (κ1) is 29.1. The molecule has 1 aromatic heterocycles. The van der Waals surface area contributed by atoms with E-state index in [2.05, 4.69) is 15.4 Å². The lowest BCUT2D eigenvalue weighted by atomic mass is 10.1. The lowest BCUT2D eigenvalue weighted by Gasteiger charge is -2.18. The number of rotatable bonds is 13. The monoisotopic (exact) mass is 559 g/mol. The summed E-state index contributed by atoms with van der Waals surface area (Å²) in [6.07, 6.45) is 1.47. The number of carbonyl (C=O) groups is 2. The number of nitrogens with two attached hydrogens (primary N) is 1. The van der Waals surface area contributed by atoms with E-state index in [4.69, 9.17) is 17.3 Å². The van der Waals surface area contributed by atoms with Crippen molar-refractivity contribution in [2.75, 3.05) is 6.54 Å². The van der Waals surface area contributed by atoms with Gasteiger partial charge in [-0.05, 0) is 35.2 Å². The van der Waals surface area contributed by atoms with E-state index >= 15 is 0 Å². The summed E-state index contributed by atoms with van der Waals surface area (Å²) in [7, 11) is -3.91. The largest absolute Gasteiger partial charge is 0.619 e. The summed E-state index contributed by atoms with van der Waals surface area (Å²) >= 11 is 6.03. The Morgan fingerprint density at radius 1 is 1.00 bits per heavy atom. The van der Waals surface area contributed by atoms with E-state index in [-0.39, 0.29) is 38.2 Å². The summed E-state index contributed by atoms with van der Waals surface area (Å²) in [5.74, 6) is -1.49. The van der Waals surface area contributed by atoms with Crippen LogP contribution in [0, 0.1) is 5.21 Å². The summed E-state index contributed by atoms with van der Waals surface area (Å²) in [6.45, 7) is 0.0578. The Balaban J connectivity index is 1.63. The summed E-state index contributed by atoms with van der Waals surface area (Å²) in [6, 6.07) is 17.4. The molecule has 0 saturated heterocycles. The van der Waals surface area contributed by atoms with Crippen LogP contribution in [0.15, 0.2) is 72.9 Å². The van der Waals surface area contributed by atoms with Gasteiger partial charge in [-0.25, -0.2) is 13.1 Å². The van der Waals surface area contributed by atoms with Crippen molar-refractivity contribution in [2.45, 2.75) is 37.7 Å². The van der Waals surface area contributed by atoms with Gasteiger partial charge in [0.05, 0.1) is 12.3 Å². The second-order valence-electron chi connectivity index (χ2n) is 8.58. The Morgan fingerprint density at radius 3 is 2.45 bits per heavy atom. The Labute approximate surface area is 226 Å². The summed E-state index contributed by atoms with van der Waals surface area (Å²) in [5.41, 5.74) is 8.23. The average Bonchev–Trinajstić information content (AvgIpc) is 2.89. The van der Waals surface area contributed by atoms with Crippen molar-refractivity contribution in [3.05, 3.63) is 106 Å². The van der Waals surface area contributed by atoms with Crippen LogP contribution in [0.5, 0.6) is 0 Å². The molecule has 0 saturated carbocycles. The fourth-order valence-electron chi connectivity index (χ4n) is 3.75. The molecule has 10 nitrogen and oxygen atoms in total. The molecule has 0 unspecified atom stereocenters. The topological polar surface area (TPSA) is 157 Å². The van der Waals surface area contributed by atoms with Gasteiger partial charge in [-0.15, -0.1) is 0 Å². The molecule has 202 valence electrons. The highest BCUT2D eigenvalue weighted by Crippen LogP contribution is 2.15. The zero-order valence-corrected chi connectivity index (χ0v) is 22.2. The Morgan fingerprint density at radius 2 is 1.74 bits per heavy atom. The molecule has 0 bridgehead atoms. The van der Waals surface area contributed by atoms with Crippen LogP contribution >= 0.6 is 11.6 Å². The third-order valence-electron chi connectivity index (χ3n) is 5.72. The highest BCUT2D eigenvalue weighted by atomic mass is 35.5. The van der Waals surface area contributed by atoms with Crippen molar-refractivity contribution in [1.29, 1.82) is 0 Å². The zero-order valence-electron chi connectivity index (χ0n) is 20.6. The van der Waals surface area contributed by atoms with E-state index in [1.807, 2.05) is 0 Å². The fraction of sp³-hybridized carbons (Fsp3) is 0.269. The van der Waals surface area contributed by atoms with Gasteiger partial charge < -0.3 is 21.6 Å². The van der Waals surface area contributed by atoms with Gasteiger partial charge in [0.25, 0.3) is 0 Å². The first-order chi connectivity index (χ1) is 18.2. The lowest BCUT2D eigenvalue weighted by Crippen LogP contribution is -2.49. The number of sulfonamides is 1. The molecule has 2 amide bonds. The number of nitrogens with one attached hydrogen (secondary N) is 3. The molecule has 0 fully saturated rings.